The standard InChI is InChI=1S/C27H34NO4.C2H4O2.CH4O.Mn/c1-5-10-21(2)26(28-3)24(22-11-7-6-8-12-22)16-15-23-13-9-14-25(27(23)29)32-20-19-31-18-17-30-4;1-2(3)4;1-2;/h5-13,15,24-26,29H,2-3,14,17-20H2,1,4H3;1H3,(H,3,4);2H,1H3;/q-1;;;/b10-5-;;;. The molecule has 0 amide bonds. The second kappa shape index (κ2) is 24.3. The van der Waals surface area contributed by atoms with Gasteiger partial charge >= 0.3 is 0 Å². The molecule has 1 radical (unpaired) electrons. The third-order valence-corrected chi connectivity index (χ3v) is 5.08. The Morgan fingerprint density at radius 3 is 2.38 bits per heavy atom. The molecule has 3 N–H and O–H groups in total. The maximum Gasteiger partial charge on any atom is 0.300 e. The van der Waals surface area contributed by atoms with Crippen molar-refractivity contribution in [1.82, 2.24) is 0 Å². The fraction of sp³-hybridized carbons (Fsp3) is 0.400. The zero-order valence-corrected chi connectivity index (χ0v) is 24.4. The number of methoxy groups -OCH3 is 1. The molecular weight excluding hydrogens is 541 g/mol. The molecule has 0 saturated carbocycles. The number of aliphatic hydroxyl groups excluding tert-OH is 2. The Bertz CT molecular complexity index is 938. The number of nitrogens with zero attached hydrogens (tertiary/aromatic N) is 1. The average Bonchev–Trinajstić information content (AvgIpc) is 2.91. The molecule has 0 bridgehead atoms. The van der Waals surface area contributed by atoms with E-state index >= 15 is 0 Å². The van der Waals surface area contributed by atoms with Crippen LogP contribution in [-0.2, 0) is 36.1 Å². The van der Waals surface area contributed by atoms with Gasteiger partial charge in [0.05, 0.1) is 32.5 Å². The van der Waals surface area contributed by atoms with Crippen LogP contribution in [0.3, 0.4) is 0 Å². The number of hydrogen-bond acceptors (Lipinski definition) is 7. The Hall–Kier alpha value is -2.78. The second-order valence-corrected chi connectivity index (χ2v) is 7.86. The molecule has 0 heterocycles. The number of allylic oxidation sites excluding steroid dienone is 4. The first-order valence-electron chi connectivity index (χ1n) is 12.2. The average molecular weight is 584 g/mol. The van der Waals surface area contributed by atoms with E-state index in [0.717, 1.165) is 25.2 Å². The fourth-order valence-electron chi connectivity index (χ4n) is 3.42. The summed E-state index contributed by atoms with van der Waals surface area (Å²) in [5.41, 5.74) is 2.57. The zero-order valence-electron chi connectivity index (χ0n) is 23.3. The SMILES string of the molecule is C=NC(C(=C)/C=C\C)C([C-]=CC1=C(O)C(OCCOCCOC)CC=C1)c1ccccc1.CC(=O)O.CO.[Mn]. The number of benzene rings is 1. The van der Waals surface area contributed by atoms with Gasteiger partial charge in [0.2, 0.25) is 0 Å². The van der Waals surface area contributed by atoms with Crippen molar-refractivity contribution in [2.24, 2.45) is 4.99 Å². The summed E-state index contributed by atoms with van der Waals surface area (Å²) in [6.07, 6.45) is 13.2. The molecule has 3 atom stereocenters. The molecule has 1 aromatic carbocycles. The summed E-state index contributed by atoms with van der Waals surface area (Å²) in [7, 11) is 2.63. The van der Waals surface area contributed by atoms with E-state index in [-0.39, 0.29) is 34.8 Å². The Morgan fingerprint density at radius 1 is 1.21 bits per heavy atom. The monoisotopic (exact) mass is 583 g/mol. The van der Waals surface area contributed by atoms with Gasteiger partial charge in [0.1, 0.15) is 6.10 Å². The molecule has 0 aromatic heterocycles. The summed E-state index contributed by atoms with van der Waals surface area (Å²) >= 11 is 0. The molecule has 0 spiro atoms. The quantitative estimate of drug-likeness (QED) is 0.0943. The van der Waals surface area contributed by atoms with Crippen molar-refractivity contribution in [2.75, 3.05) is 40.6 Å². The van der Waals surface area contributed by atoms with E-state index < -0.39 is 12.1 Å². The van der Waals surface area contributed by atoms with Gasteiger partial charge in [0, 0.05) is 44.0 Å². The van der Waals surface area contributed by atoms with Gasteiger partial charge in [0.25, 0.3) is 5.97 Å². The van der Waals surface area contributed by atoms with E-state index in [1.54, 1.807) is 13.2 Å². The second-order valence-electron chi connectivity index (χ2n) is 7.86. The summed E-state index contributed by atoms with van der Waals surface area (Å²) < 4.78 is 16.2. The zero-order chi connectivity index (χ0) is 28.8. The number of aliphatic hydroxyl groups is 2. The number of aliphatic carboxylic acids is 1. The molecule has 0 aliphatic heterocycles. The molecule has 1 aliphatic carbocycles. The van der Waals surface area contributed by atoms with E-state index in [9.17, 15) is 5.11 Å². The predicted molar refractivity (Wildman–Crippen MR) is 152 cm³/mol. The van der Waals surface area contributed by atoms with Crippen molar-refractivity contribution in [2.45, 2.75) is 38.3 Å². The number of aliphatic imine (C=N–C) groups is 1. The van der Waals surface area contributed by atoms with Gasteiger partial charge in [-0.3, -0.25) is 15.9 Å². The first-order valence-corrected chi connectivity index (χ1v) is 12.2. The van der Waals surface area contributed by atoms with Crippen LogP contribution >= 0.6 is 0 Å². The smallest absolute Gasteiger partial charge is 0.300 e. The molecule has 3 unspecified atom stereocenters. The molecule has 0 saturated heterocycles. The van der Waals surface area contributed by atoms with Gasteiger partial charge in [0.15, 0.2) is 0 Å². The largest absolute Gasteiger partial charge is 0.528 e. The molecule has 0 fully saturated rings. The van der Waals surface area contributed by atoms with Crippen LogP contribution in [0.25, 0.3) is 0 Å². The molecule has 9 heteroatoms. The van der Waals surface area contributed by atoms with Crippen LogP contribution in [0.15, 0.2) is 89.2 Å². The molecule has 217 valence electrons. The first-order chi connectivity index (χ1) is 18.3. The number of hydrogen-bond donors (Lipinski definition) is 3. The minimum atomic E-state index is -0.833. The van der Waals surface area contributed by atoms with E-state index in [1.165, 1.54) is 0 Å². The van der Waals surface area contributed by atoms with Gasteiger partial charge in [-0.2, -0.15) is 0 Å². The fourth-order valence-corrected chi connectivity index (χ4v) is 3.42. The molecule has 1 aromatic rings. The van der Waals surface area contributed by atoms with E-state index in [1.807, 2.05) is 61.6 Å². The van der Waals surface area contributed by atoms with Crippen molar-refractivity contribution >= 4 is 12.7 Å². The minimum absolute atomic E-state index is 0. The molecular formula is C30H42MnNO7-. The van der Waals surface area contributed by atoms with Crippen molar-refractivity contribution in [3.8, 4) is 0 Å². The maximum atomic E-state index is 10.7. The third-order valence-electron chi connectivity index (χ3n) is 5.08. The summed E-state index contributed by atoms with van der Waals surface area (Å²) in [6, 6.07) is 9.74. The molecule has 1 aliphatic rings. The number of ether oxygens (including phenoxy) is 3. The van der Waals surface area contributed by atoms with Crippen LogP contribution in [0.2, 0.25) is 0 Å². The van der Waals surface area contributed by atoms with Crippen LogP contribution in [0, 0.1) is 6.08 Å². The van der Waals surface area contributed by atoms with Crippen molar-refractivity contribution in [1.29, 1.82) is 0 Å². The van der Waals surface area contributed by atoms with Gasteiger partial charge in [-0.1, -0.05) is 60.7 Å². The van der Waals surface area contributed by atoms with Gasteiger partial charge in [-0.15, -0.1) is 11.6 Å². The molecule has 39 heavy (non-hydrogen) atoms. The van der Waals surface area contributed by atoms with Crippen molar-refractivity contribution in [3.05, 3.63) is 95.8 Å². The molecule has 8 nitrogen and oxygen atoms in total. The topological polar surface area (TPSA) is 118 Å². The Morgan fingerprint density at radius 2 is 1.82 bits per heavy atom. The first kappa shape index (κ1) is 38.4. The predicted octanol–water partition coefficient (Wildman–Crippen LogP) is 4.85. The van der Waals surface area contributed by atoms with Crippen LogP contribution in [-0.4, -0.2) is 80.8 Å². The maximum absolute atomic E-state index is 10.7. The van der Waals surface area contributed by atoms with E-state index in [0.29, 0.717) is 38.4 Å². The van der Waals surface area contributed by atoms with E-state index in [2.05, 4.69) is 24.4 Å². The van der Waals surface area contributed by atoms with E-state index in [4.69, 9.17) is 29.2 Å². The van der Waals surface area contributed by atoms with Gasteiger partial charge in [-0.25, -0.2) is 6.08 Å². The third kappa shape index (κ3) is 16.0. The number of carbonyl (C=O) groups is 1. The van der Waals surface area contributed by atoms with Crippen LogP contribution < -0.4 is 0 Å². The summed E-state index contributed by atoms with van der Waals surface area (Å²) in [4.78, 5) is 13.3. The van der Waals surface area contributed by atoms with Gasteiger partial charge < -0.3 is 29.5 Å². The summed E-state index contributed by atoms with van der Waals surface area (Å²) in [6.45, 7) is 12.9. The summed E-state index contributed by atoms with van der Waals surface area (Å²) in [5, 5.41) is 25.2. The Labute approximate surface area is 243 Å². The minimum Gasteiger partial charge on any atom is -0.528 e. The van der Waals surface area contributed by atoms with Crippen LogP contribution in [0.1, 0.15) is 31.7 Å². The number of rotatable bonds is 14. The van der Waals surface area contributed by atoms with Crippen LogP contribution in [0.4, 0.5) is 0 Å². The Kier molecular flexibility index (Phi) is 23.9. The van der Waals surface area contributed by atoms with Gasteiger partial charge in [-0.05, 0) is 31.6 Å². The van der Waals surface area contributed by atoms with Crippen LogP contribution in [0.5, 0.6) is 0 Å². The van der Waals surface area contributed by atoms with Crippen molar-refractivity contribution in [3.63, 3.8) is 0 Å². The number of carboxylic acid groups (broad SMARTS) is 1. The summed E-state index contributed by atoms with van der Waals surface area (Å²) in [5.74, 6) is -0.833. The van der Waals surface area contributed by atoms with Crippen molar-refractivity contribution < 1.29 is 51.4 Å². The normalized spacial score (nSPS) is 15.9. The number of carboxylic acids is 1. The Balaban J connectivity index is 0. The molecule has 2 rings (SSSR count).